The zero-order valence-corrected chi connectivity index (χ0v) is 17.7. The lowest BCUT2D eigenvalue weighted by molar-refractivity contribution is -0.384. The van der Waals surface area contributed by atoms with E-state index in [0.717, 1.165) is 11.1 Å². The van der Waals surface area contributed by atoms with E-state index in [1.807, 2.05) is 84.9 Å². The number of carbonyl (C=O) groups excluding carboxylic acids is 1. The molecule has 0 spiro atoms. The molecular weight excluding hydrogens is 412 g/mol. The summed E-state index contributed by atoms with van der Waals surface area (Å²) in [7, 11) is 0. The van der Waals surface area contributed by atoms with Crippen molar-refractivity contribution in [1.82, 2.24) is 0 Å². The van der Waals surface area contributed by atoms with Crippen LogP contribution in [0.3, 0.4) is 0 Å². The van der Waals surface area contributed by atoms with E-state index < -0.39 is 4.92 Å². The molecule has 0 saturated heterocycles. The van der Waals surface area contributed by atoms with E-state index in [4.69, 9.17) is 0 Å². The largest absolute Gasteiger partial charge is 0.303 e. The normalized spacial score (nSPS) is 10.1. The third-order valence-electron chi connectivity index (χ3n) is 5.06. The Morgan fingerprint density at radius 3 is 2.03 bits per heavy atom. The number of nitrogens with zero attached hydrogens (tertiary/aromatic N) is 2. The molecule has 0 atom stereocenters. The Balaban J connectivity index is 1.75. The Bertz CT molecular complexity index is 1320. The molecule has 0 radical (unpaired) electrons. The maximum atomic E-state index is 13.6. The fourth-order valence-corrected chi connectivity index (χ4v) is 3.39. The summed E-state index contributed by atoms with van der Waals surface area (Å²) in [6, 6.07) is 32.5. The van der Waals surface area contributed by atoms with Gasteiger partial charge in [0.25, 0.3) is 11.6 Å². The van der Waals surface area contributed by atoms with Crippen LogP contribution in [0.5, 0.6) is 0 Å². The first-order valence-electron chi connectivity index (χ1n) is 10.4. The lowest BCUT2D eigenvalue weighted by atomic mass is 10.1. The molecule has 0 heterocycles. The molecule has 0 bridgehead atoms. The summed E-state index contributed by atoms with van der Waals surface area (Å²) in [5.74, 6) is 6.09. The number of non-ortho nitro benzene ring substituents is 1. The number of hydrogen-bond acceptors (Lipinski definition) is 3. The Hall–Kier alpha value is -4.69. The van der Waals surface area contributed by atoms with E-state index >= 15 is 0 Å². The maximum absolute atomic E-state index is 13.6. The number of benzene rings is 4. The van der Waals surface area contributed by atoms with E-state index in [0.29, 0.717) is 23.4 Å². The van der Waals surface area contributed by atoms with E-state index in [1.165, 1.54) is 24.3 Å². The van der Waals surface area contributed by atoms with Gasteiger partial charge in [0.2, 0.25) is 0 Å². The van der Waals surface area contributed by atoms with Crippen molar-refractivity contribution in [2.24, 2.45) is 0 Å². The number of nitro groups is 1. The predicted molar refractivity (Wildman–Crippen MR) is 129 cm³/mol. The number of para-hydroxylation sites is 1. The van der Waals surface area contributed by atoms with Crippen LogP contribution in [0.4, 0.5) is 11.4 Å². The van der Waals surface area contributed by atoms with Gasteiger partial charge in [-0.3, -0.25) is 14.9 Å². The minimum Gasteiger partial charge on any atom is -0.303 e. The Morgan fingerprint density at radius 2 is 1.36 bits per heavy atom. The molecule has 0 aliphatic rings. The zero-order valence-electron chi connectivity index (χ0n) is 17.7. The number of amides is 1. The highest BCUT2D eigenvalue weighted by molar-refractivity contribution is 6.06. The summed E-state index contributed by atoms with van der Waals surface area (Å²) in [4.78, 5) is 25.7. The summed E-state index contributed by atoms with van der Waals surface area (Å²) in [6.45, 7) is 0.334. The standard InChI is InChI=1S/C28H20N2O3/c31-28(25-17-19-26(20-18-25)30(32)33)29(21-23-11-5-2-6-12-23)27-14-8-7-13-24(27)16-15-22-9-3-1-4-10-22/h1-14,17-20H,21H2. The van der Waals surface area contributed by atoms with Gasteiger partial charge in [0.05, 0.1) is 17.2 Å². The second kappa shape index (κ2) is 10.1. The van der Waals surface area contributed by atoms with Crippen LogP contribution >= 0.6 is 0 Å². The molecule has 33 heavy (non-hydrogen) atoms. The summed E-state index contributed by atoms with van der Waals surface area (Å²) >= 11 is 0. The van der Waals surface area contributed by atoms with Gasteiger partial charge in [-0.1, -0.05) is 72.5 Å². The van der Waals surface area contributed by atoms with Crippen molar-refractivity contribution in [2.75, 3.05) is 4.90 Å². The molecule has 5 heteroatoms. The third-order valence-corrected chi connectivity index (χ3v) is 5.06. The highest BCUT2D eigenvalue weighted by atomic mass is 16.6. The summed E-state index contributed by atoms with van der Waals surface area (Å²) in [5.41, 5.74) is 3.53. The molecular formula is C28H20N2O3. The van der Waals surface area contributed by atoms with Crippen LogP contribution < -0.4 is 4.90 Å². The van der Waals surface area contributed by atoms with E-state index in [-0.39, 0.29) is 11.6 Å². The second-order valence-corrected chi connectivity index (χ2v) is 7.31. The quantitative estimate of drug-likeness (QED) is 0.226. The monoisotopic (exact) mass is 432 g/mol. The van der Waals surface area contributed by atoms with Gasteiger partial charge in [0.1, 0.15) is 0 Å². The van der Waals surface area contributed by atoms with Crippen molar-refractivity contribution in [3.8, 4) is 11.8 Å². The van der Waals surface area contributed by atoms with Crippen molar-refractivity contribution in [1.29, 1.82) is 0 Å². The average Bonchev–Trinajstić information content (AvgIpc) is 2.87. The van der Waals surface area contributed by atoms with E-state index in [2.05, 4.69) is 11.8 Å². The van der Waals surface area contributed by atoms with Crippen LogP contribution in [-0.4, -0.2) is 10.8 Å². The van der Waals surface area contributed by atoms with Crippen molar-refractivity contribution >= 4 is 17.3 Å². The lowest BCUT2D eigenvalue weighted by Gasteiger charge is -2.24. The number of anilines is 1. The lowest BCUT2D eigenvalue weighted by Crippen LogP contribution is -2.31. The first-order valence-corrected chi connectivity index (χ1v) is 10.4. The van der Waals surface area contributed by atoms with Gasteiger partial charge in [-0.2, -0.15) is 0 Å². The number of hydrogen-bond donors (Lipinski definition) is 0. The van der Waals surface area contributed by atoms with Gasteiger partial charge in [0, 0.05) is 28.8 Å². The molecule has 4 aromatic rings. The van der Waals surface area contributed by atoms with Gasteiger partial charge < -0.3 is 4.90 Å². The number of carbonyl (C=O) groups is 1. The van der Waals surface area contributed by atoms with Crippen LogP contribution in [0.1, 0.15) is 27.0 Å². The summed E-state index contributed by atoms with van der Waals surface area (Å²) in [5, 5.41) is 11.0. The molecule has 0 aromatic heterocycles. The number of rotatable bonds is 5. The molecule has 5 nitrogen and oxygen atoms in total. The molecule has 4 rings (SSSR count). The molecule has 0 unspecified atom stereocenters. The maximum Gasteiger partial charge on any atom is 0.269 e. The Kier molecular flexibility index (Phi) is 6.58. The van der Waals surface area contributed by atoms with Gasteiger partial charge >= 0.3 is 0 Å². The Morgan fingerprint density at radius 1 is 0.758 bits per heavy atom. The van der Waals surface area contributed by atoms with E-state index in [9.17, 15) is 14.9 Å². The SMILES string of the molecule is O=C(c1ccc([N+](=O)[O-])cc1)N(Cc1ccccc1)c1ccccc1C#Cc1ccccc1. The second-order valence-electron chi connectivity index (χ2n) is 7.31. The summed E-state index contributed by atoms with van der Waals surface area (Å²) in [6.07, 6.45) is 0. The molecule has 0 fully saturated rings. The fourth-order valence-electron chi connectivity index (χ4n) is 3.39. The molecule has 0 aliphatic carbocycles. The average molecular weight is 432 g/mol. The van der Waals surface area contributed by atoms with Gasteiger partial charge in [-0.05, 0) is 42.0 Å². The zero-order chi connectivity index (χ0) is 23.0. The van der Waals surface area contributed by atoms with Crippen LogP contribution in [0.15, 0.2) is 109 Å². The first kappa shape index (κ1) is 21.5. The minimum atomic E-state index is -0.482. The Labute approximate surface area is 192 Å². The molecule has 0 N–H and O–H groups in total. The van der Waals surface area contributed by atoms with Crippen molar-refractivity contribution < 1.29 is 9.72 Å². The molecule has 0 aliphatic heterocycles. The van der Waals surface area contributed by atoms with Crippen LogP contribution in [-0.2, 0) is 6.54 Å². The fraction of sp³-hybridized carbons (Fsp3) is 0.0357. The topological polar surface area (TPSA) is 63.4 Å². The summed E-state index contributed by atoms with van der Waals surface area (Å²) < 4.78 is 0. The smallest absolute Gasteiger partial charge is 0.269 e. The van der Waals surface area contributed by atoms with Crippen molar-refractivity contribution in [3.05, 3.63) is 142 Å². The highest BCUT2D eigenvalue weighted by Crippen LogP contribution is 2.25. The third kappa shape index (κ3) is 5.33. The first-order chi connectivity index (χ1) is 16.1. The molecule has 0 saturated carbocycles. The minimum absolute atomic E-state index is 0.0599. The molecule has 160 valence electrons. The van der Waals surface area contributed by atoms with Crippen LogP contribution in [0.2, 0.25) is 0 Å². The van der Waals surface area contributed by atoms with Gasteiger partial charge in [-0.15, -0.1) is 0 Å². The van der Waals surface area contributed by atoms with Crippen LogP contribution in [0, 0.1) is 22.0 Å². The predicted octanol–water partition coefficient (Wildman–Crippen LogP) is 5.84. The highest BCUT2D eigenvalue weighted by Gasteiger charge is 2.21. The van der Waals surface area contributed by atoms with Crippen LogP contribution in [0.25, 0.3) is 0 Å². The molecule has 4 aromatic carbocycles. The van der Waals surface area contributed by atoms with Gasteiger partial charge in [-0.25, -0.2) is 0 Å². The number of nitro benzene ring substituents is 1. The molecule has 1 amide bonds. The van der Waals surface area contributed by atoms with Crippen molar-refractivity contribution in [2.45, 2.75) is 6.54 Å². The van der Waals surface area contributed by atoms with Crippen molar-refractivity contribution in [3.63, 3.8) is 0 Å². The van der Waals surface area contributed by atoms with Gasteiger partial charge in [0.15, 0.2) is 0 Å². The van der Waals surface area contributed by atoms with E-state index in [1.54, 1.807) is 4.90 Å².